The highest BCUT2D eigenvalue weighted by atomic mass is 16.2. The maximum absolute atomic E-state index is 11.3. The molecule has 104 valence electrons. The Kier molecular flexibility index (Phi) is 4.81. The van der Waals surface area contributed by atoms with Crippen molar-refractivity contribution in [3.8, 4) is 0 Å². The van der Waals surface area contributed by atoms with Gasteiger partial charge in [0.05, 0.1) is 11.3 Å². The molecule has 0 saturated heterocycles. The van der Waals surface area contributed by atoms with Crippen LogP contribution >= 0.6 is 0 Å². The van der Waals surface area contributed by atoms with E-state index in [0.29, 0.717) is 5.56 Å². The molecule has 0 saturated carbocycles. The van der Waals surface area contributed by atoms with Gasteiger partial charge < -0.3 is 0 Å². The molecule has 0 fully saturated rings. The van der Waals surface area contributed by atoms with Crippen molar-refractivity contribution in [3.63, 3.8) is 0 Å². The third-order valence-corrected chi connectivity index (χ3v) is 2.95. The van der Waals surface area contributed by atoms with Crippen LogP contribution in [0.2, 0.25) is 0 Å². The lowest BCUT2D eigenvalue weighted by molar-refractivity contribution is 0.0953. The number of carbonyl (C=O) groups excluding carboxylic acids is 1. The molecular formula is C15H18N4O. The zero-order chi connectivity index (χ0) is 14.4. The van der Waals surface area contributed by atoms with Gasteiger partial charge in [-0.15, -0.1) is 0 Å². The largest absolute Gasteiger partial charge is 0.296 e. The Morgan fingerprint density at radius 1 is 1.20 bits per heavy atom. The molecule has 1 heterocycles. The first-order valence-corrected chi connectivity index (χ1v) is 6.37. The van der Waals surface area contributed by atoms with E-state index in [9.17, 15) is 4.79 Å². The summed E-state index contributed by atoms with van der Waals surface area (Å²) in [6, 6.07) is 13.8. The Balaban J connectivity index is 1.94. The average Bonchev–Trinajstić information content (AvgIpc) is 2.48. The van der Waals surface area contributed by atoms with Gasteiger partial charge in [-0.1, -0.05) is 30.3 Å². The maximum atomic E-state index is 11.3. The quantitative estimate of drug-likeness (QED) is 0.488. The number of nitrogens with zero attached hydrogens (tertiary/aromatic N) is 2. The van der Waals surface area contributed by atoms with Crippen LogP contribution in [0.5, 0.6) is 0 Å². The van der Waals surface area contributed by atoms with Gasteiger partial charge in [0.2, 0.25) is 0 Å². The molecule has 1 amide bonds. The second-order valence-electron chi connectivity index (χ2n) is 4.67. The lowest BCUT2D eigenvalue weighted by atomic mass is 10.2. The fraction of sp³-hybridized carbons (Fsp3) is 0.200. The number of hydrogen-bond donors (Lipinski definition) is 2. The van der Waals surface area contributed by atoms with E-state index in [0.717, 1.165) is 18.8 Å². The van der Waals surface area contributed by atoms with Crippen molar-refractivity contribution in [3.05, 3.63) is 65.5 Å². The predicted octanol–water partition coefficient (Wildman–Crippen LogP) is 1.32. The van der Waals surface area contributed by atoms with Crippen molar-refractivity contribution in [2.75, 3.05) is 7.05 Å². The van der Waals surface area contributed by atoms with Gasteiger partial charge in [0.1, 0.15) is 0 Å². The fourth-order valence-corrected chi connectivity index (χ4v) is 1.96. The molecule has 0 aliphatic rings. The normalized spacial score (nSPS) is 10.6. The minimum Gasteiger partial charge on any atom is -0.296 e. The van der Waals surface area contributed by atoms with Gasteiger partial charge in [-0.25, -0.2) is 5.84 Å². The van der Waals surface area contributed by atoms with Crippen molar-refractivity contribution >= 4 is 5.91 Å². The lowest BCUT2D eigenvalue weighted by Gasteiger charge is -2.16. The molecule has 0 bridgehead atoms. The summed E-state index contributed by atoms with van der Waals surface area (Å²) >= 11 is 0. The van der Waals surface area contributed by atoms with E-state index in [1.165, 1.54) is 11.8 Å². The van der Waals surface area contributed by atoms with E-state index in [2.05, 4.69) is 27.4 Å². The second kappa shape index (κ2) is 6.79. The van der Waals surface area contributed by atoms with Crippen LogP contribution in [0.4, 0.5) is 0 Å². The van der Waals surface area contributed by atoms with Crippen LogP contribution in [0.1, 0.15) is 21.6 Å². The number of amides is 1. The Morgan fingerprint density at radius 3 is 2.55 bits per heavy atom. The van der Waals surface area contributed by atoms with E-state index in [1.807, 2.05) is 31.3 Å². The smallest absolute Gasteiger partial charge is 0.266 e. The third kappa shape index (κ3) is 3.88. The summed E-state index contributed by atoms with van der Waals surface area (Å²) in [5.74, 6) is 4.74. The number of nitrogen functional groups attached to an aromatic ring is 1. The number of benzene rings is 1. The molecule has 2 aromatic rings. The minimum atomic E-state index is -0.332. The SMILES string of the molecule is CN(Cc1ccccc1)Cc1ccc(C(=O)NN)cn1. The van der Waals surface area contributed by atoms with Crippen LogP contribution in [0.3, 0.4) is 0 Å². The number of hydrogen-bond acceptors (Lipinski definition) is 4. The number of rotatable bonds is 5. The first kappa shape index (κ1) is 14.2. The van der Waals surface area contributed by atoms with Gasteiger partial charge >= 0.3 is 0 Å². The third-order valence-electron chi connectivity index (χ3n) is 2.95. The number of pyridine rings is 1. The van der Waals surface area contributed by atoms with Crippen molar-refractivity contribution in [1.82, 2.24) is 15.3 Å². The van der Waals surface area contributed by atoms with Crippen molar-refractivity contribution in [2.24, 2.45) is 5.84 Å². The van der Waals surface area contributed by atoms with Crippen LogP contribution in [0, 0.1) is 0 Å². The Labute approximate surface area is 118 Å². The van der Waals surface area contributed by atoms with E-state index < -0.39 is 0 Å². The summed E-state index contributed by atoms with van der Waals surface area (Å²) in [5, 5.41) is 0. The molecule has 0 spiro atoms. The van der Waals surface area contributed by atoms with Gasteiger partial charge in [0, 0.05) is 19.3 Å². The molecule has 0 aliphatic carbocycles. The van der Waals surface area contributed by atoms with E-state index in [-0.39, 0.29) is 5.91 Å². The van der Waals surface area contributed by atoms with Gasteiger partial charge in [0.15, 0.2) is 0 Å². The number of hydrazine groups is 1. The van der Waals surface area contributed by atoms with Crippen LogP contribution in [-0.4, -0.2) is 22.8 Å². The van der Waals surface area contributed by atoms with Gasteiger partial charge in [-0.3, -0.25) is 20.1 Å². The molecule has 0 unspecified atom stereocenters. The minimum absolute atomic E-state index is 0.332. The maximum Gasteiger partial charge on any atom is 0.266 e. The van der Waals surface area contributed by atoms with Crippen molar-refractivity contribution in [2.45, 2.75) is 13.1 Å². The topological polar surface area (TPSA) is 71.2 Å². The lowest BCUT2D eigenvalue weighted by Crippen LogP contribution is -2.30. The fourth-order valence-electron chi connectivity index (χ4n) is 1.96. The Morgan fingerprint density at radius 2 is 1.95 bits per heavy atom. The summed E-state index contributed by atoms with van der Waals surface area (Å²) in [6.45, 7) is 1.58. The molecule has 0 atom stereocenters. The highest BCUT2D eigenvalue weighted by molar-refractivity contribution is 5.93. The molecule has 0 aliphatic heterocycles. The van der Waals surface area contributed by atoms with Crippen molar-refractivity contribution in [1.29, 1.82) is 0 Å². The highest BCUT2D eigenvalue weighted by Crippen LogP contribution is 2.07. The number of aromatic nitrogens is 1. The van der Waals surface area contributed by atoms with E-state index in [4.69, 9.17) is 5.84 Å². The molecule has 5 nitrogen and oxygen atoms in total. The zero-order valence-electron chi connectivity index (χ0n) is 11.4. The Bertz CT molecular complexity index is 554. The number of nitrogens with one attached hydrogen (secondary N) is 1. The standard InChI is InChI=1S/C15H18N4O/c1-19(10-12-5-3-2-4-6-12)11-14-8-7-13(9-17-14)15(20)18-16/h2-9H,10-11,16H2,1H3,(H,18,20). The first-order chi connectivity index (χ1) is 9.69. The molecule has 1 aromatic heterocycles. The van der Waals surface area contributed by atoms with Gasteiger partial charge in [-0.2, -0.15) is 0 Å². The van der Waals surface area contributed by atoms with Crippen LogP contribution in [0.25, 0.3) is 0 Å². The molecule has 0 radical (unpaired) electrons. The van der Waals surface area contributed by atoms with E-state index >= 15 is 0 Å². The Hall–Kier alpha value is -2.24. The summed E-state index contributed by atoms with van der Waals surface area (Å²) < 4.78 is 0. The molecule has 3 N–H and O–H groups in total. The monoisotopic (exact) mass is 270 g/mol. The summed E-state index contributed by atoms with van der Waals surface area (Å²) in [5.41, 5.74) is 4.72. The molecule has 20 heavy (non-hydrogen) atoms. The highest BCUT2D eigenvalue weighted by Gasteiger charge is 2.06. The molecule has 1 aromatic carbocycles. The first-order valence-electron chi connectivity index (χ1n) is 6.37. The van der Waals surface area contributed by atoms with E-state index in [1.54, 1.807) is 6.07 Å². The van der Waals surface area contributed by atoms with Crippen LogP contribution in [0.15, 0.2) is 48.7 Å². The van der Waals surface area contributed by atoms with Gasteiger partial charge in [-0.05, 0) is 24.7 Å². The molecular weight excluding hydrogens is 252 g/mol. The predicted molar refractivity (Wildman–Crippen MR) is 77.5 cm³/mol. The summed E-state index contributed by atoms with van der Waals surface area (Å²) in [7, 11) is 2.04. The molecule has 2 rings (SSSR count). The van der Waals surface area contributed by atoms with Crippen LogP contribution < -0.4 is 11.3 Å². The zero-order valence-corrected chi connectivity index (χ0v) is 11.4. The molecule has 5 heteroatoms. The second-order valence-corrected chi connectivity index (χ2v) is 4.67. The summed E-state index contributed by atoms with van der Waals surface area (Å²) in [4.78, 5) is 17.7. The number of nitrogens with two attached hydrogens (primary N) is 1. The van der Waals surface area contributed by atoms with Crippen molar-refractivity contribution < 1.29 is 4.79 Å². The number of carbonyl (C=O) groups is 1. The van der Waals surface area contributed by atoms with Gasteiger partial charge in [0.25, 0.3) is 5.91 Å². The average molecular weight is 270 g/mol. The van der Waals surface area contributed by atoms with Crippen LogP contribution in [-0.2, 0) is 13.1 Å². The summed E-state index contributed by atoms with van der Waals surface area (Å²) in [6.07, 6.45) is 1.54.